The van der Waals surface area contributed by atoms with Gasteiger partial charge in [-0.25, -0.2) is 9.18 Å². The Morgan fingerprint density at radius 1 is 1.37 bits per heavy atom. The maximum atomic E-state index is 12.9. The number of benzene rings is 1. The highest BCUT2D eigenvalue weighted by Gasteiger charge is 2.40. The lowest BCUT2D eigenvalue weighted by atomic mass is 9.88. The molecule has 0 radical (unpaired) electrons. The molecule has 0 unspecified atom stereocenters. The molecule has 2 N–H and O–H groups in total. The molecule has 0 amide bonds. The van der Waals surface area contributed by atoms with Crippen LogP contribution in [0.5, 0.6) is 0 Å². The normalized spacial score (nSPS) is 17.8. The van der Waals surface area contributed by atoms with Crippen molar-refractivity contribution in [3.05, 3.63) is 30.1 Å². The van der Waals surface area contributed by atoms with E-state index in [1.807, 2.05) is 0 Å². The Balaban J connectivity index is 2.17. The second-order valence-electron chi connectivity index (χ2n) is 4.68. The molecule has 0 aliphatic carbocycles. The Kier molecular flexibility index (Phi) is 4.37. The number of carbonyl (C=O) groups excluding carboxylic acids is 1. The molecule has 1 aliphatic rings. The molecule has 1 aliphatic heterocycles. The lowest BCUT2D eigenvalue weighted by molar-refractivity contribution is -0.149. The van der Waals surface area contributed by atoms with Gasteiger partial charge in [-0.15, -0.1) is 0 Å². The third kappa shape index (κ3) is 3.23. The number of esters is 1. The highest BCUT2D eigenvalue weighted by Crippen LogP contribution is 2.26. The van der Waals surface area contributed by atoms with Gasteiger partial charge in [-0.05, 0) is 57.1 Å². The fourth-order valence-corrected chi connectivity index (χ4v) is 2.31. The lowest BCUT2D eigenvalue weighted by Gasteiger charge is -2.36. The summed E-state index contributed by atoms with van der Waals surface area (Å²) in [5.41, 5.74) is 0.0235. The monoisotopic (exact) mass is 266 g/mol. The summed E-state index contributed by atoms with van der Waals surface area (Å²) in [7, 11) is 0. The predicted molar refractivity (Wildman–Crippen MR) is 71.5 cm³/mol. The number of piperidine rings is 1. The topological polar surface area (TPSA) is 50.4 Å². The van der Waals surface area contributed by atoms with E-state index in [0.717, 1.165) is 18.8 Å². The molecule has 1 aromatic carbocycles. The van der Waals surface area contributed by atoms with Crippen LogP contribution in [-0.4, -0.2) is 31.2 Å². The van der Waals surface area contributed by atoms with Gasteiger partial charge in [-0.3, -0.25) is 0 Å². The molecular weight excluding hydrogens is 247 g/mol. The highest BCUT2D eigenvalue weighted by molar-refractivity contribution is 5.84. The SMILES string of the molecule is CCOC(=O)C1(Nc2ccc(F)cc2)CCNCC1. The van der Waals surface area contributed by atoms with E-state index in [-0.39, 0.29) is 11.8 Å². The first-order chi connectivity index (χ1) is 9.16. The van der Waals surface area contributed by atoms with Crippen LogP contribution in [-0.2, 0) is 9.53 Å². The van der Waals surface area contributed by atoms with Crippen LogP contribution in [0.15, 0.2) is 24.3 Å². The van der Waals surface area contributed by atoms with Crippen molar-refractivity contribution in [2.24, 2.45) is 0 Å². The lowest BCUT2D eigenvalue weighted by Crippen LogP contribution is -2.54. The largest absolute Gasteiger partial charge is 0.464 e. The summed E-state index contributed by atoms with van der Waals surface area (Å²) in [5.74, 6) is -0.526. The summed E-state index contributed by atoms with van der Waals surface area (Å²) in [6, 6.07) is 6.03. The Labute approximate surface area is 112 Å². The van der Waals surface area contributed by atoms with Crippen LogP contribution >= 0.6 is 0 Å². The first kappa shape index (κ1) is 13.8. The summed E-state index contributed by atoms with van der Waals surface area (Å²) < 4.78 is 18.1. The van der Waals surface area contributed by atoms with Gasteiger partial charge in [0.15, 0.2) is 0 Å². The number of nitrogens with one attached hydrogen (secondary N) is 2. The van der Waals surface area contributed by atoms with Crippen molar-refractivity contribution in [3.8, 4) is 0 Å². The fourth-order valence-electron chi connectivity index (χ4n) is 2.31. The molecule has 0 saturated carbocycles. The molecule has 0 atom stereocenters. The molecule has 4 nitrogen and oxygen atoms in total. The number of rotatable bonds is 4. The number of anilines is 1. The van der Waals surface area contributed by atoms with Gasteiger partial charge in [-0.2, -0.15) is 0 Å². The number of carbonyl (C=O) groups is 1. The zero-order chi connectivity index (χ0) is 13.7. The van der Waals surface area contributed by atoms with Crippen LogP contribution in [0.2, 0.25) is 0 Å². The smallest absolute Gasteiger partial charge is 0.331 e. The first-order valence-electron chi connectivity index (χ1n) is 6.58. The van der Waals surface area contributed by atoms with Gasteiger partial charge in [0.1, 0.15) is 11.4 Å². The Morgan fingerprint density at radius 3 is 2.58 bits per heavy atom. The van der Waals surface area contributed by atoms with E-state index in [4.69, 9.17) is 4.74 Å². The molecular formula is C14H19FN2O2. The molecule has 1 saturated heterocycles. The minimum atomic E-state index is -0.709. The minimum Gasteiger partial charge on any atom is -0.464 e. The van der Waals surface area contributed by atoms with Crippen molar-refractivity contribution in [2.75, 3.05) is 25.0 Å². The van der Waals surface area contributed by atoms with Gasteiger partial charge >= 0.3 is 5.97 Å². The van der Waals surface area contributed by atoms with E-state index in [2.05, 4.69) is 10.6 Å². The highest BCUT2D eigenvalue weighted by atomic mass is 19.1. The van der Waals surface area contributed by atoms with Crippen molar-refractivity contribution in [2.45, 2.75) is 25.3 Å². The molecule has 0 bridgehead atoms. The fraction of sp³-hybridized carbons (Fsp3) is 0.500. The van der Waals surface area contributed by atoms with Crippen molar-refractivity contribution in [1.29, 1.82) is 0 Å². The maximum Gasteiger partial charge on any atom is 0.331 e. The second-order valence-corrected chi connectivity index (χ2v) is 4.68. The van der Waals surface area contributed by atoms with Crippen molar-refractivity contribution < 1.29 is 13.9 Å². The Bertz CT molecular complexity index is 428. The predicted octanol–water partition coefficient (Wildman–Crippen LogP) is 1.92. The molecule has 19 heavy (non-hydrogen) atoms. The van der Waals surface area contributed by atoms with Crippen LogP contribution in [0.1, 0.15) is 19.8 Å². The quantitative estimate of drug-likeness (QED) is 0.818. The Hall–Kier alpha value is -1.62. The van der Waals surface area contributed by atoms with Crippen molar-refractivity contribution in [1.82, 2.24) is 5.32 Å². The number of ether oxygens (including phenoxy) is 1. The van der Waals surface area contributed by atoms with Crippen LogP contribution in [0.25, 0.3) is 0 Å². The third-order valence-corrected chi connectivity index (χ3v) is 3.35. The minimum absolute atomic E-state index is 0.235. The third-order valence-electron chi connectivity index (χ3n) is 3.35. The maximum absolute atomic E-state index is 12.9. The van der Waals surface area contributed by atoms with Crippen molar-refractivity contribution >= 4 is 11.7 Å². The first-order valence-corrected chi connectivity index (χ1v) is 6.58. The average molecular weight is 266 g/mol. The van der Waals surface area contributed by atoms with E-state index < -0.39 is 5.54 Å². The summed E-state index contributed by atoms with van der Waals surface area (Å²) >= 11 is 0. The second kappa shape index (κ2) is 6.02. The van der Waals surface area contributed by atoms with Crippen LogP contribution in [0.4, 0.5) is 10.1 Å². The number of hydrogen-bond donors (Lipinski definition) is 2. The van der Waals surface area contributed by atoms with Gasteiger partial charge in [-0.1, -0.05) is 0 Å². The standard InChI is InChI=1S/C14H19FN2O2/c1-2-19-13(18)14(7-9-16-10-8-14)17-12-5-3-11(15)4-6-12/h3-6,16-17H,2,7-10H2,1H3. The van der Waals surface area contributed by atoms with Gasteiger partial charge < -0.3 is 15.4 Å². The zero-order valence-corrected chi connectivity index (χ0v) is 11.0. The van der Waals surface area contributed by atoms with Gasteiger partial charge in [0.05, 0.1) is 6.61 Å². The molecule has 0 spiro atoms. The number of halogens is 1. The van der Waals surface area contributed by atoms with E-state index in [1.165, 1.54) is 12.1 Å². The van der Waals surface area contributed by atoms with Gasteiger partial charge in [0.25, 0.3) is 0 Å². The van der Waals surface area contributed by atoms with Gasteiger partial charge in [0.2, 0.25) is 0 Å². The Morgan fingerprint density at radius 2 is 2.00 bits per heavy atom. The molecule has 1 fully saturated rings. The zero-order valence-electron chi connectivity index (χ0n) is 11.0. The molecule has 0 aromatic heterocycles. The summed E-state index contributed by atoms with van der Waals surface area (Å²) in [6.45, 7) is 3.67. The molecule has 2 rings (SSSR count). The molecule has 104 valence electrons. The van der Waals surface area contributed by atoms with Crippen LogP contribution in [0, 0.1) is 5.82 Å². The van der Waals surface area contributed by atoms with E-state index in [9.17, 15) is 9.18 Å². The van der Waals surface area contributed by atoms with Crippen molar-refractivity contribution in [3.63, 3.8) is 0 Å². The number of hydrogen-bond acceptors (Lipinski definition) is 4. The summed E-state index contributed by atoms with van der Waals surface area (Å²) in [4.78, 5) is 12.2. The van der Waals surface area contributed by atoms with Gasteiger partial charge in [0, 0.05) is 5.69 Å². The van der Waals surface area contributed by atoms with E-state index in [1.54, 1.807) is 19.1 Å². The summed E-state index contributed by atoms with van der Waals surface area (Å²) in [6.07, 6.45) is 1.31. The van der Waals surface area contributed by atoms with Crippen LogP contribution < -0.4 is 10.6 Å². The molecule has 1 aromatic rings. The molecule has 5 heteroatoms. The summed E-state index contributed by atoms with van der Waals surface area (Å²) in [5, 5.41) is 6.45. The molecule has 1 heterocycles. The van der Waals surface area contributed by atoms with E-state index >= 15 is 0 Å². The van der Waals surface area contributed by atoms with Crippen LogP contribution in [0.3, 0.4) is 0 Å². The average Bonchev–Trinajstić information content (AvgIpc) is 2.43. The van der Waals surface area contributed by atoms with E-state index in [0.29, 0.717) is 19.4 Å².